The van der Waals surface area contributed by atoms with Crippen molar-refractivity contribution in [2.45, 2.75) is 0 Å². The lowest BCUT2D eigenvalue weighted by molar-refractivity contribution is -0.118. The van der Waals surface area contributed by atoms with Crippen LogP contribution in [-0.4, -0.2) is 61.6 Å². The lowest BCUT2D eigenvalue weighted by Gasteiger charge is -2.25. The molecule has 2 amide bonds. The highest BCUT2D eigenvalue weighted by Gasteiger charge is 2.23. The first-order valence-electron chi connectivity index (χ1n) is 6.12. The van der Waals surface area contributed by atoms with Crippen molar-refractivity contribution in [3.05, 3.63) is 4.88 Å². The minimum Gasteiger partial charge on any atom is -0.382 e. The van der Waals surface area contributed by atoms with E-state index in [2.05, 4.69) is 4.98 Å². The van der Waals surface area contributed by atoms with E-state index in [1.165, 1.54) is 23.3 Å². The third-order valence-electron chi connectivity index (χ3n) is 2.86. The number of morpholine rings is 1. The van der Waals surface area contributed by atoms with E-state index in [0.717, 1.165) is 13.1 Å². The SMILES string of the molecule is CN(CC(N)=O)C(=O)c1sc(N2CCOCC2)nc1N. The maximum absolute atomic E-state index is 12.2. The summed E-state index contributed by atoms with van der Waals surface area (Å²) in [6.45, 7) is 2.55. The standard InChI is InChI=1S/C11H17N5O3S/c1-15(6-7(12)17)10(18)8-9(13)14-11(20-8)16-2-4-19-5-3-16/h2-6,13H2,1H3,(H2,12,17). The number of rotatable bonds is 4. The Hall–Kier alpha value is -1.87. The number of ether oxygens (including phenoxy) is 1. The van der Waals surface area contributed by atoms with Gasteiger partial charge in [0.1, 0.15) is 10.7 Å². The number of nitrogens with zero attached hydrogens (tertiary/aromatic N) is 3. The molecule has 9 heteroatoms. The van der Waals surface area contributed by atoms with Gasteiger partial charge in [-0.3, -0.25) is 9.59 Å². The minimum absolute atomic E-state index is 0.150. The van der Waals surface area contributed by atoms with E-state index in [0.29, 0.717) is 23.2 Å². The fraction of sp³-hybridized carbons (Fsp3) is 0.545. The van der Waals surface area contributed by atoms with Crippen LogP contribution in [0.3, 0.4) is 0 Å². The maximum Gasteiger partial charge on any atom is 0.268 e. The topological polar surface area (TPSA) is 115 Å². The summed E-state index contributed by atoms with van der Waals surface area (Å²) in [5.74, 6) is -0.742. The molecule has 1 saturated heterocycles. The zero-order valence-corrected chi connectivity index (χ0v) is 12.0. The van der Waals surface area contributed by atoms with Gasteiger partial charge in [-0.15, -0.1) is 0 Å². The van der Waals surface area contributed by atoms with E-state index in [-0.39, 0.29) is 18.3 Å². The molecule has 0 aliphatic carbocycles. The Balaban J connectivity index is 2.14. The van der Waals surface area contributed by atoms with Crippen molar-refractivity contribution in [1.82, 2.24) is 9.88 Å². The highest BCUT2D eigenvalue weighted by molar-refractivity contribution is 7.18. The Bertz CT molecular complexity index is 512. The van der Waals surface area contributed by atoms with Gasteiger partial charge in [0.15, 0.2) is 5.13 Å². The number of nitrogen functional groups attached to an aromatic ring is 1. The molecule has 2 rings (SSSR count). The van der Waals surface area contributed by atoms with Crippen LogP contribution in [0.5, 0.6) is 0 Å². The zero-order valence-electron chi connectivity index (χ0n) is 11.2. The zero-order chi connectivity index (χ0) is 14.7. The molecule has 0 aromatic carbocycles. The van der Waals surface area contributed by atoms with Crippen LogP contribution in [0.15, 0.2) is 0 Å². The van der Waals surface area contributed by atoms with Crippen molar-refractivity contribution in [2.75, 3.05) is 50.5 Å². The summed E-state index contributed by atoms with van der Waals surface area (Å²) in [4.78, 5) is 30.8. The van der Waals surface area contributed by atoms with Crippen molar-refractivity contribution in [2.24, 2.45) is 5.73 Å². The summed E-state index contributed by atoms with van der Waals surface area (Å²) in [6.07, 6.45) is 0. The molecule has 1 aromatic heterocycles. The number of aromatic nitrogens is 1. The largest absolute Gasteiger partial charge is 0.382 e. The molecule has 1 aliphatic heterocycles. The first-order chi connectivity index (χ1) is 9.49. The van der Waals surface area contributed by atoms with Crippen LogP contribution in [-0.2, 0) is 9.53 Å². The molecule has 1 aromatic rings. The molecule has 2 heterocycles. The molecule has 1 fully saturated rings. The highest BCUT2D eigenvalue weighted by atomic mass is 32.1. The van der Waals surface area contributed by atoms with Crippen molar-refractivity contribution in [1.29, 1.82) is 0 Å². The van der Waals surface area contributed by atoms with Crippen LogP contribution in [0.2, 0.25) is 0 Å². The molecule has 8 nitrogen and oxygen atoms in total. The van der Waals surface area contributed by atoms with Crippen molar-refractivity contribution >= 4 is 34.1 Å². The summed E-state index contributed by atoms with van der Waals surface area (Å²) in [5, 5.41) is 0.696. The van der Waals surface area contributed by atoms with Gasteiger partial charge in [0.05, 0.1) is 19.8 Å². The number of hydrogen-bond donors (Lipinski definition) is 2. The lowest BCUT2D eigenvalue weighted by atomic mass is 10.4. The number of nitrogens with two attached hydrogens (primary N) is 2. The molecule has 0 radical (unpaired) electrons. The lowest BCUT2D eigenvalue weighted by Crippen LogP contribution is -2.36. The van der Waals surface area contributed by atoms with Gasteiger partial charge in [0, 0.05) is 20.1 Å². The molecular weight excluding hydrogens is 282 g/mol. The first kappa shape index (κ1) is 14.5. The van der Waals surface area contributed by atoms with Crippen LogP contribution in [0.25, 0.3) is 0 Å². The molecule has 0 atom stereocenters. The monoisotopic (exact) mass is 299 g/mol. The number of carbonyl (C=O) groups is 2. The third kappa shape index (κ3) is 3.17. The van der Waals surface area contributed by atoms with Gasteiger partial charge >= 0.3 is 0 Å². The predicted molar refractivity (Wildman–Crippen MR) is 75.7 cm³/mol. The quantitative estimate of drug-likeness (QED) is 0.746. The molecule has 0 unspecified atom stereocenters. The Morgan fingerprint density at radius 3 is 2.70 bits per heavy atom. The summed E-state index contributed by atoms with van der Waals surface area (Å²) in [7, 11) is 1.50. The summed E-state index contributed by atoms with van der Waals surface area (Å²) in [5.41, 5.74) is 10.9. The summed E-state index contributed by atoms with van der Waals surface area (Å²) in [6, 6.07) is 0. The second-order valence-electron chi connectivity index (χ2n) is 4.44. The number of likely N-dealkylation sites (N-methyl/N-ethyl adjacent to an activating group) is 1. The Morgan fingerprint density at radius 1 is 1.45 bits per heavy atom. The van der Waals surface area contributed by atoms with Crippen LogP contribution >= 0.6 is 11.3 Å². The van der Waals surface area contributed by atoms with E-state index in [1.807, 2.05) is 4.90 Å². The predicted octanol–water partition coefficient (Wildman–Crippen LogP) is -0.881. The molecule has 0 bridgehead atoms. The van der Waals surface area contributed by atoms with Gasteiger partial charge in [0.2, 0.25) is 5.91 Å². The maximum atomic E-state index is 12.2. The number of amides is 2. The van der Waals surface area contributed by atoms with Crippen LogP contribution in [0.1, 0.15) is 9.67 Å². The molecule has 0 saturated carbocycles. The number of hydrogen-bond acceptors (Lipinski definition) is 7. The number of carbonyl (C=O) groups excluding carboxylic acids is 2. The van der Waals surface area contributed by atoms with Gasteiger partial charge < -0.3 is 26.0 Å². The molecular formula is C11H17N5O3S. The van der Waals surface area contributed by atoms with Crippen molar-refractivity contribution in [3.63, 3.8) is 0 Å². The number of primary amides is 1. The van der Waals surface area contributed by atoms with Crippen LogP contribution < -0.4 is 16.4 Å². The average Bonchev–Trinajstić information content (AvgIpc) is 2.80. The number of anilines is 2. The van der Waals surface area contributed by atoms with Gasteiger partial charge in [-0.2, -0.15) is 0 Å². The second-order valence-corrected chi connectivity index (χ2v) is 5.42. The molecule has 0 spiro atoms. The van der Waals surface area contributed by atoms with E-state index in [9.17, 15) is 9.59 Å². The van der Waals surface area contributed by atoms with Crippen molar-refractivity contribution in [3.8, 4) is 0 Å². The number of thiazole rings is 1. The summed E-state index contributed by atoms with van der Waals surface area (Å²) >= 11 is 1.22. The van der Waals surface area contributed by atoms with Gasteiger partial charge in [0.25, 0.3) is 5.91 Å². The molecule has 20 heavy (non-hydrogen) atoms. The van der Waals surface area contributed by atoms with E-state index in [1.54, 1.807) is 0 Å². The molecule has 4 N–H and O–H groups in total. The van der Waals surface area contributed by atoms with Crippen LogP contribution in [0, 0.1) is 0 Å². The van der Waals surface area contributed by atoms with E-state index in [4.69, 9.17) is 16.2 Å². The fourth-order valence-electron chi connectivity index (χ4n) is 1.84. The molecule has 1 aliphatic rings. The second kappa shape index (κ2) is 6.06. The molecule has 110 valence electrons. The smallest absolute Gasteiger partial charge is 0.268 e. The normalized spacial score (nSPS) is 15.2. The van der Waals surface area contributed by atoms with Gasteiger partial charge in [-0.1, -0.05) is 11.3 Å². The van der Waals surface area contributed by atoms with E-state index >= 15 is 0 Å². The first-order valence-corrected chi connectivity index (χ1v) is 6.93. The van der Waals surface area contributed by atoms with Gasteiger partial charge in [-0.05, 0) is 0 Å². The average molecular weight is 299 g/mol. The Morgan fingerprint density at radius 2 is 2.10 bits per heavy atom. The summed E-state index contributed by atoms with van der Waals surface area (Å²) < 4.78 is 5.27. The van der Waals surface area contributed by atoms with Crippen molar-refractivity contribution < 1.29 is 14.3 Å². The minimum atomic E-state index is -0.572. The Labute approximate surface area is 120 Å². The third-order valence-corrected chi connectivity index (χ3v) is 3.98. The van der Waals surface area contributed by atoms with Crippen LogP contribution in [0.4, 0.5) is 10.9 Å². The Kier molecular flexibility index (Phi) is 4.40. The van der Waals surface area contributed by atoms with Gasteiger partial charge in [-0.25, -0.2) is 4.98 Å². The fourth-order valence-corrected chi connectivity index (χ4v) is 2.87. The van der Waals surface area contributed by atoms with E-state index < -0.39 is 5.91 Å². The highest BCUT2D eigenvalue weighted by Crippen LogP contribution is 2.29.